The molecule has 1 aromatic carbocycles. The second-order valence-electron chi connectivity index (χ2n) is 3.16. The highest BCUT2D eigenvalue weighted by Gasteiger charge is 1.92. The Kier molecular flexibility index (Phi) is 3.23. The number of hydrogen-bond donors (Lipinski definition) is 2. The average Bonchev–Trinajstić information content (AvgIpc) is 2.01. The van der Waals surface area contributed by atoms with Gasteiger partial charge in [-0.2, -0.15) is 5.10 Å². The van der Waals surface area contributed by atoms with Crippen molar-refractivity contribution in [2.45, 2.75) is 13.8 Å². The molecule has 0 atom stereocenters. The van der Waals surface area contributed by atoms with Crippen LogP contribution in [0.25, 0.3) is 0 Å². The molecular formula is C10H13N3O. The van der Waals surface area contributed by atoms with Crippen LogP contribution in [0.15, 0.2) is 23.3 Å². The van der Waals surface area contributed by atoms with Crippen molar-refractivity contribution in [3.8, 4) is 0 Å². The Morgan fingerprint density at radius 3 is 2.43 bits per heavy atom. The van der Waals surface area contributed by atoms with Gasteiger partial charge in [0.25, 0.3) is 0 Å². The van der Waals surface area contributed by atoms with Gasteiger partial charge in [-0.05, 0) is 19.4 Å². The third kappa shape index (κ3) is 3.26. The highest BCUT2D eigenvalue weighted by molar-refractivity contribution is 5.81. The van der Waals surface area contributed by atoms with Gasteiger partial charge >= 0.3 is 6.03 Å². The van der Waals surface area contributed by atoms with Crippen molar-refractivity contribution in [3.63, 3.8) is 0 Å². The third-order valence-corrected chi connectivity index (χ3v) is 1.63. The summed E-state index contributed by atoms with van der Waals surface area (Å²) in [7, 11) is 0. The van der Waals surface area contributed by atoms with Crippen molar-refractivity contribution >= 4 is 12.2 Å². The Bertz CT molecular complexity index is 351. The van der Waals surface area contributed by atoms with Crippen LogP contribution in [0.5, 0.6) is 0 Å². The van der Waals surface area contributed by atoms with Crippen molar-refractivity contribution < 1.29 is 4.79 Å². The molecule has 74 valence electrons. The van der Waals surface area contributed by atoms with E-state index in [1.54, 1.807) is 6.21 Å². The predicted octanol–water partition coefficient (Wildman–Crippen LogP) is 1.31. The van der Waals surface area contributed by atoms with Gasteiger partial charge < -0.3 is 5.73 Å². The van der Waals surface area contributed by atoms with E-state index in [9.17, 15) is 4.79 Å². The molecule has 2 amide bonds. The molecule has 0 saturated carbocycles. The van der Waals surface area contributed by atoms with Crippen LogP contribution in [-0.4, -0.2) is 12.2 Å². The molecule has 0 unspecified atom stereocenters. The molecule has 0 spiro atoms. The second-order valence-corrected chi connectivity index (χ2v) is 3.16. The van der Waals surface area contributed by atoms with Gasteiger partial charge in [0, 0.05) is 0 Å². The van der Waals surface area contributed by atoms with Gasteiger partial charge in [0.05, 0.1) is 6.21 Å². The average molecular weight is 191 g/mol. The Morgan fingerprint density at radius 1 is 1.36 bits per heavy atom. The van der Waals surface area contributed by atoms with Gasteiger partial charge in [-0.3, -0.25) is 0 Å². The monoisotopic (exact) mass is 191 g/mol. The number of carbonyl (C=O) groups is 1. The SMILES string of the molecule is Cc1cc(C)cc(C=NNC(N)=O)c1. The predicted molar refractivity (Wildman–Crippen MR) is 56.2 cm³/mol. The molecule has 0 aliphatic rings. The van der Waals surface area contributed by atoms with Gasteiger partial charge in [-0.1, -0.05) is 29.3 Å². The number of primary amides is 1. The number of nitrogens with two attached hydrogens (primary N) is 1. The molecule has 0 aromatic heterocycles. The zero-order valence-electron chi connectivity index (χ0n) is 8.24. The number of amides is 2. The fourth-order valence-electron chi connectivity index (χ4n) is 1.25. The van der Waals surface area contributed by atoms with E-state index in [-0.39, 0.29) is 0 Å². The lowest BCUT2D eigenvalue weighted by Crippen LogP contribution is -2.24. The molecule has 4 nitrogen and oxygen atoms in total. The summed E-state index contributed by atoms with van der Waals surface area (Å²) in [6.07, 6.45) is 1.56. The molecule has 0 bridgehead atoms. The van der Waals surface area contributed by atoms with Gasteiger partial charge in [-0.25, -0.2) is 10.2 Å². The maximum atomic E-state index is 10.3. The van der Waals surface area contributed by atoms with Crippen LogP contribution in [0.4, 0.5) is 4.79 Å². The summed E-state index contributed by atoms with van der Waals surface area (Å²) in [6, 6.07) is 5.35. The highest BCUT2D eigenvalue weighted by Crippen LogP contribution is 2.06. The molecule has 0 fully saturated rings. The largest absolute Gasteiger partial charge is 0.350 e. The van der Waals surface area contributed by atoms with Crippen LogP contribution in [0.1, 0.15) is 16.7 Å². The first-order valence-electron chi connectivity index (χ1n) is 4.25. The number of hydrazone groups is 1. The topological polar surface area (TPSA) is 67.5 Å². The number of aryl methyl sites for hydroxylation is 2. The highest BCUT2D eigenvalue weighted by atomic mass is 16.2. The first kappa shape index (κ1) is 10.2. The molecule has 14 heavy (non-hydrogen) atoms. The van der Waals surface area contributed by atoms with Crippen molar-refractivity contribution in [1.29, 1.82) is 0 Å². The van der Waals surface area contributed by atoms with Gasteiger partial charge in [0.2, 0.25) is 0 Å². The summed E-state index contributed by atoms with van der Waals surface area (Å²) < 4.78 is 0. The number of nitrogens with zero attached hydrogens (tertiary/aromatic N) is 1. The van der Waals surface area contributed by atoms with Crippen molar-refractivity contribution in [2.75, 3.05) is 0 Å². The van der Waals surface area contributed by atoms with Crippen LogP contribution in [-0.2, 0) is 0 Å². The second kappa shape index (κ2) is 4.41. The molecule has 0 heterocycles. The molecule has 1 rings (SSSR count). The summed E-state index contributed by atoms with van der Waals surface area (Å²) >= 11 is 0. The first-order valence-corrected chi connectivity index (χ1v) is 4.25. The van der Waals surface area contributed by atoms with E-state index in [4.69, 9.17) is 5.73 Å². The number of nitrogens with one attached hydrogen (secondary N) is 1. The van der Waals surface area contributed by atoms with Gasteiger partial charge in [0.1, 0.15) is 0 Å². The number of hydrogen-bond acceptors (Lipinski definition) is 2. The molecule has 0 aliphatic carbocycles. The fourth-order valence-corrected chi connectivity index (χ4v) is 1.25. The maximum absolute atomic E-state index is 10.3. The molecule has 4 heteroatoms. The van der Waals surface area contributed by atoms with E-state index in [2.05, 4.69) is 16.6 Å². The van der Waals surface area contributed by atoms with Gasteiger partial charge in [0.15, 0.2) is 0 Å². The number of carbonyl (C=O) groups excluding carboxylic acids is 1. The molecule has 0 radical (unpaired) electrons. The van der Waals surface area contributed by atoms with E-state index in [1.165, 1.54) is 0 Å². The minimum absolute atomic E-state index is 0.661. The third-order valence-electron chi connectivity index (χ3n) is 1.63. The zero-order valence-corrected chi connectivity index (χ0v) is 8.24. The van der Waals surface area contributed by atoms with E-state index in [1.807, 2.05) is 26.0 Å². The van der Waals surface area contributed by atoms with E-state index < -0.39 is 6.03 Å². The summed E-state index contributed by atoms with van der Waals surface area (Å²) in [5, 5.41) is 3.67. The van der Waals surface area contributed by atoms with Gasteiger partial charge in [-0.15, -0.1) is 0 Å². The Balaban J connectivity index is 2.76. The molecule has 0 saturated heterocycles. The fraction of sp³-hybridized carbons (Fsp3) is 0.200. The smallest absolute Gasteiger partial charge is 0.332 e. The lowest BCUT2D eigenvalue weighted by atomic mass is 10.1. The Morgan fingerprint density at radius 2 is 1.93 bits per heavy atom. The maximum Gasteiger partial charge on any atom is 0.332 e. The Hall–Kier alpha value is -1.84. The lowest BCUT2D eigenvalue weighted by Gasteiger charge is -1.99. The number of rotatable bonds is 2. The Labute approximate surface area is 82.8 Å². The van der Waals surface area contributed by atoms with Crippen molar-refractivity contribution in [3.05, 3.63) is 34.9 Å². The van der Waals surface area contributed by atoms with E-state index in [0.29, 0.717) is 0 Å². The number of urea groups is 1. The molecule has 0 aliphatic heterocycles. The summed E-state index contributed by atoms with van der Waals surface area (Å²) in [5.41, 5.74) is 10.3. The summed E-state index contributed by atoms with van der Waals surface area (Å²) in [4.78, 5) is 10.3. The van der Waals surface area contributed by atoms with E-state index in [0.717, 1.165) is 16.7 Å². The number of benzene rings is 1. The van der Waals surface area contributed by atoms with Crippen LogP contribution >= 0.6 is 0 Å². The molecular weight excluding hydrogens is 178 g/mol. The van der Waals surface area contributed by atoms with Crippen LogP contribution in [0, 0.1) is 13.8 Å². The van der Waals surface area contributed by atoms with Crippen molar-refractivity contribution in [2.24, 2.45) is 10.8 Å². The minimum Gasteiger partial charge on any atom is -0.350 e. The van der Waals surface area contributed by atoms with Crippen LogP contribution in [0.2, 0.25) is 0 Å². The van der Waals surface area contributed by atoms with Crippen LogP contribution in [0.3, 0.4) is 0 Å². The summed E-state index contributed by atoms with van der Waals surface area (Å²) in [6.45, 7) is 4.01. The molecule has 1 aromatic rings. The minimum atomic E-state index is -0.661. The van der Waals surface area contributed by atoms with Crippen LogP contribution < -0.4 is 11.2 Å². The molecule has 3 N–H and O–H groups in total. The lowest BCUT2D eigenvalue weighted by molar-refractivity contribution is 0.249. The standard InChI is InChI=1S/C10H13N3O/c1-7-3-8(2)5-9(4-7)6-12-13-10(11)14/h3-6H,1-2H3,(H3,11,13,14). The zero-order chi connectivity index (χ0) is 10.6. The van der Waals surface area contributed by atoms with Crippen molar-refractivity contribution in [1.82, 2.24) is 5.43 Å². The van der Waals surface area contributed by atoms with E-state index >= 15 is 0 Å². The normalized spacial score (nSPS) is 10.4. The first-order chi connectivity index (χ1) is 6.58. The quantitative estimate of drug-likeness (QED) is 0.537. The summed E-state index contributed by atoms with van der Waals surface area (Å²) in [5.74, 6) is 0.